The molecule has 1 aliphatic rings. The third-order valence-electron chi connectivity index (χ3n) is 6.86. The monoisotopic (exact) mass is 520 g/mol. The second-order valence-corrected chi connectivity index (χ2v) is 9.26. The highest BCUT2D eigenvalue weighted by molar-refractivity contribution is 6.14. The number of ketones is 1. The summed E-state index contributed by atoms with van der Waals surface area (Å²) in [7, 11) is 1.57. The number of hydrogen-bond acceptors (Lipinski definition) is 6. The van der Waals surface area contributed by atoms with E-state index in [0.717, 1.165) is 37.9 Å². The van der Waals surface area contributed by atoms with E-state index >= 15 is 0 Å². The van der Waals surface area contributed by atoms with Gasteiger partial charge in [-0.05, 0) is 48.8 Å². The first-order valence-electron chi connectivity index (χ1n) is 13.5. The zero-order chi connectivity index (χ0) is 27.5. The molecule has 204 valence electrons. The number of rotatable bonds is 15. The summed E-state index contributed by atoms with van der Waals surface area (Å²) in [5, 5.41) is 10.9. The first-order chi connectivity index (χ1) is 18.4. The summed E-state index contributed by atoms with van der Waals surface area (Å²) in [6.07, 6.45) is 6.23. The van der Waals surface area contributed by atoms with Crippen LogP contribution in [-0.2, 0) is 9.59 Å². The van der Waals surface area contributed by atoms with Crippen LogP contribution in [0, 0.1) is 0 Å². The normalized spacial score (nSPS) is 15.7. The molecule has 3 rings (SSSR count). The van der Waals surface area contributed by atoms with E-state index in [-0.39, 0.29) is 5.57 Å². The van der Waals surface area contributed by atoms with Crippen LogP contribution < -0.4 is 9.47 Å². The molecule has 2 aromatic carbocycles. The lowest BCUT2D eigenvalue weighted by atomic mass is 9.95. The predicted molar refractivity (Wildman–Crippen MR) is 150 cm³/mol. The largest absolute Gasteiger partial charge is 0.503 e. The molecular formula is C31H40N2O5. The van der Waals surface area contributed by atoms with Crippen molar-refractivity contribution in [1.82, 2.24) is 9.80 Å². The van der Waals surface area contributed by atoms with E-state index in [9.17, 15) is 14.7 Å². The Morgan fingerprint density at radius 3 is 2.45 bits per heavy atom. The van der Waals surface area contributed by atoms with Crippen molar-refractivity contribution in [3.05, 3.63) is 77.1 Å². The highest BCUT2D eigenvalue weighted by Gasteiger charge is 2.43. The second-order valence-electron chi connectivity index (χ2n) is 9.26. The highest BCUT2D eigenvalue weighted by atomic mass is 16.5. The Kier molecular flexibility index (Phi) is 11.0. The lowest BCUT2D eigenvalue weighted by Crippen LogP contribution is -2.38. The number of aliphatic hydroxyl groups is 1. The molecule has 1 unspecified atom stereocenters. The second kappa shape index (κ2) is 14.4. The van der Waals surface area contributed by atoms with Gasteiger partial charge in [-0.15, -0.1) is 0 Å². The van der Waals surface area contributed by atoms with Crippen molar-refractivity contribution >= 4 is 17.8 Å². The van der Waals surface area contributed by atoms with Gasteiger partial charge in [0.05, 0.1) is 25.3 Å². The minimum Gasteiger partial charge on any atom is -0.503 e. The number of amides is 1. The zero-order valence-electron chi connectivity index (χ0n) is 23.0. The Hall–Kier alpha value is -3.58. The smallest absolute Gasteiger partial charge is 0.290 e. The number of unbranched alkanes of at least 4 members (excludes halogenated alkanes) is 2. The van der Waals surface area contributed by atoms with Gasteiger partial charge in [-0.1, -0.05) is 76.1 Å². The number of aliphatic hydroxyl groups excluding tert-OH is 1. The molecule has 0 radical (unpaired) electrons. The first kappa shape index (κ1) is 29.0. The van der Waals surface area contributed by atoms with Gasteiger partial charge in [0.15, 0.2) is 23.0 Å². The number of likely N-dealkylation sites (N-methyl/N-ethyl adjacent to an activating group) is 1. The maximum absolute atomic E-state index is 13.4. The molecule has 1 heterocycles. The third-order valence-corrected chi connectivity index (χ3v) is 6.86. The Morgan fingerprint density at radius 2 is 1.79 bits per heavy atom. The van der Waals surface area contributed by atoms with E-state index in [4.69, 9.17) is 9.47 Å². The molecule has 0 aliphatic carbocycles. The van der Waals surface area contributed by atoms with Crippen molar-refractivity contribution in [3.8, 4) is 11.5 Å². The number of methoxy groups -OCH3 is 1. The summed E-state index contributed by atoms with van der Waals surface area (Å²) in [4.78, 5) is 30.5. The maximum atomic E-state index is 13.4. The van der Waals surface area contributed by atoms with E-state index in [0.29, 0.717) is 36.8 Å². The zero-order valence-corrected chi connectivity index (χ0v) is 23.0. The van der Waals surface area contributed by atoms with Crippen LogP contribution in [0.15, 0.2) is 65.9 Å². The standard InChI is InChI=1S/C31H40N2O5/c1-5-8-12-21-38-26-18-16-24(22-27(26)37-4)29-28(25(34)17-15-23-13-10-9-11-14-23)30(35)31(36)33(29)20-19-32(6-2)7-3/h9-11,13-18,22,29,35H,5-8,12,19-21H2,1-4H3/b17-15+. The molecule has 1 N–H and O–H groups in total. The van der Waals surface area contributed by atoms with Crippen LogP contribution >= 0.6 is 0 Å². The molecule has 7 nitrogen and oxygen atoms in total. The van der Waals surface area contributed by atoms with Crippen LogP contribution in [-0.4, -0.2) is 66.5 Å². The molecule has 0 saturated heterocycles. The first-order valence-corrected chi connectivity index (χ1v) is 13.5. The van der Waals surface area contributed by atoms with Crippen molar-refractivity contribution < 1.29 is 24.2 Å². The van der Waals surface area contributed by atoms with E-state index < -0.39 is 23.5 Å². The Balaban J connectivity index is 1.96. The van der Waals surface area contributed by atoms with Crippen molar-refractivity contribution in [2.45, 2.75) is 46.1 Å². The lowest BCUT2D eigenvalue weighted by molar-refractivity contribution is -0.129. The number of hydrogen-bond donors (Lipinski definition) is 1. The molecule has 0 bridgehead atoms. The number of allylic oxidation sites excluding steroid dienone is 1. The molecule has 0 saturated carbocycles. The average molecular weight is 521 g/mol. The van der Waals surface area contributed by atoms with Crippen molar-refractivity contribution in [2.24, 2.45) is 0 Å². The molecule has 2 aromatic rings. The highest BCUT2D eigenvalue weighted by Crippen LogP contribution is 2.41. The van der Waals surface area contributed by atoms with Crippen LogP contribution in [0.25, 0.3) is 6.08 Å². The van der Waals surface area contributed by atoms with Crippen LogP contribution in [0.5, 0.6) is 11.5 Å². The van der Waals surface area contributed by atoms with Crippen LogP contribution in [0.3, 0.4) is 0 Å². The van der Waals surface area contributed by atoms with Crippen LogP contribution in [0.1, 0.15) is 57.2 Å². The predicted octanol–water partition coefficient (Wildman–Crippen LogP) is 5.58. The lowest BCUT2D eigenvalue weighted by Gasteiger charge is -2.29. The fourth-order valence-corrected chi connectivity index (χ4v) is 4.61. The fourth-order valence-electron chi connectivity index (χ4n) is 4.61. The number of carbonyl (C=O) groups is 2. The Labute approximate surface area is 226 Å². The van der Waals surface area contributed by atoms with Gasteiger partial charge in [-0.3, -0.25) is 9.59 Å². The summed E-state index contributed by atoms with van der Waals surface area (Å²) in [5.74, 6) is -0.327. The third kappa shape index (κ3) is 7.04. The summed E-state index contributed by atoms with van der Waals surface area (Å²) < 4.78 is 11.5. The molecule has 38 heavy (non-hydrogen) atoms. The van der Waals surface area contributed by atoms with Crippen molar-refractivity contribution in [1.29, 1.82) is 0 Å². The van der Waals surface area contributed by atoms with Gasteiger partial charge in [0, 0.05) is 13.1 Å². The van der Waals surface area contributed by atoms with Gasteiger partial charge in [-0.25, -0.2) is 0 Å². The molecule has 0 aromatic heterocycles. The summed E-state index contributed by atoms with van der Waals surface area (Å²) in [5.41, 5.74) is 1.60. The topological polar surface area (TPSA) is 79.3 Å². The van der Waals surface area contributed by atoms with Gasteiger partial charge in [0.1, 0.15) is 0 Å². The number of ether oxygens (including phenoxy) is 2. The molecule has 1 amide bonds. The van der Waals surface area contributed by atoms with Gasteiger partial charge >= 0.3 is 0 Å². The minimum atomic E-state index is -0.742. The van der Waals surface area contributed by atoms with E-state index in [1.807, 2.05) is 42.5 Å². The number of benzene rings is 2. The molecule has 1 atom stereocenters. The van der Waals surface area contributed by atoms with Crippen LogP contribution in [0.2, 0.25) is 0 Å². The number of nitrogens with zero attached hydrogens (tertiary/aromatic N) is 2. The Morgan fingerprint density at radius 1 is 1.05 bits per heavy atom. The van der Waals surface area contributed by atoms with Crippen molar-refractivity contribution in [3.63, 3.8) is 0 Å². The Bertz CT molecular complexity index is 1140. The summed E-state index contributed by atoms with van der Waals surface area (Å²) in [6.45, 7) is 9.52. The van der Waals surface area contributed by atoms with Gasteiger partial charge in [0.2, 0.25) is 0 Å². The molecular weight excluding hydrogens is 480 g/mol. The number of carbonyl (C=O) groups excluding carboxylic acids is 2. The molecule has 0 fully saturated rings. The fraction of sp³-hybridized carbons (Fsp3) is 0.419. The van der Waals surface area contributed by atoms with Crippen molar-refractivity contribution in [2.75, 3.05) is 39.9 Å². The quantitative estimate of drug-likeness (QED) is 0.244. The molecule has 1 aliphatic heterocycles. The van der Waals surface area contributed by atoms with Gasteiger partial charge < -0.3 is 24.4 Å². The van der Waals surface area contributed by atoms with E-state index in [1.165, 1.54) is 6.08 Å². The maximum Gasteiger partial charge on any atom is 0.290 e. The van der Waals surface area contributed by atoms with E-state index in [1.54, 1.807) is 24.2 Å². The van der Waals surface area contributed by atoms with Crippen LogP contribution in [0.4, 0.5) is 0 Å². The SMILES string of the molecule is CCCCCOc1ccc(C2C(C(=O)/C=C/c3ccccc3)=C(O)C(=O)N2CCN(CC)CC)cc1OC. The molecule has 7 heteroatoms. The molecule has 0 spiro atoms. The summed E-state index contributed by atoms with van der Waals surface area (Å²) >= 11 is 0. The van der Waals surface area contributed by atoms with Gasteiger partial charge in [-0.2, -0.15) is 0 Å². The summed E-state index contributed by atoms with van der Waals surface area (Å²) in [6, 6.07) is 14.1. The minimum absolute atomic E-state index is 0.0698. The van der Waals surface area contributed by atoms with E-state index in [2.05, 4.69) is 25.7 Å². The van der Waals surface area contributed by atoms with Gasteiger partial charge in [0.25, 0.3) is 5.91 Å². The average Bonchev–Trinajstić information content (AvgIpc) is 3.20.